The summed E-state index contributed by atoms with van der Waals surface area (Å²) in [4.78, 5) is 0. The summed E-state index contributed by atoms with van der Waals surface area (Å²) >= 11 is 0. The largest absolute Gasteiger partial charge is 0.379 e. The Hall–Kier alpha value is -0.640. The monoisotopic (exact) mass is 265 g/mol. The van der Waals surface area contributed by atoms with Gasteiger partial charge in [-0.05, 0) is 44.9 Å². The second-order valence-corrected chi connectivity index (χ2v) is 5.00. The van der Waals surface area contributed by atoms with E-state index in [1.807, 2.05) is 0 Å². The highest BCUT2D eigenvalue weighted by Gasteiger charge is 2.13. The van der Waals surface area contributed by atoms with E-state index in [0.29, 0.717) is 13.2 Å². The summed E-state index contributed by atoms with van der Waals surface area (Å²) in [6.45, 7) is 2.95. The summed E-state index contributed by atoms with van der Waals surface area (Å²) in [5.74, 6) is 0. The van der Waals surface area contributed by atoms with Crippen LogP contribution in [0.5, 0.6) is 0 Å². The van der Waals surface area contributed by atoms with Crippen molar-refractivity contribution in [3.8, 4) is 0 Å². The molecule has 1 radical (unpaired) electrons. The average molecular weight is 265 g/mol. The Kier molecular flexibility index (Phi) is 7.22. The smallest absolute Gasteiger partial charge is 0.157 e. The van der Waals surface area contributed by atoms with E-state index in [-0.39, 0.29) is 6.29 Å². The molecule has 0 aromatic carbocycles. The molecule has 107 valence electrons. The van der Waals surface area contributed by atoms with Crippen molar-refractivity contribution in [3.63, 3.8) is 0 Å². The molecule has 1 aliphatic carbocycles. The van der Waals surface area contributed by atoms with Gasteiger partial charge in [0.05, 0.1) is 13.2 Å². The van der Waals surface area contributed by atoms with Gasteiger partial charge in [-0.25, -0.2) is 0 Å². The summed E-state index contributed by atoms with van der Waals surface area (Å²) in [7, 11) is 0. The van der Waals surface area contributed by atoms with Gasteiger partial charge in [-0.1, -0.05) is 23.8 Å². The maximum Gasteiger partial charge on any atom is 0.157 e. The van der Waals surface area contributed by atoms with Crippen LogP contribution in [0.4, 0.5) is 0 Å². The Morgan fingerprint density at radius 2 is 2.21 bits per heavy atom. The van der Waals surface area contributed by atoms with Gasteiger partial charge in [-0.15, -0.1) is 0 Å². The molecule has 0 spiro atoms. The van der Waals surface area contributed by atoms with Crippen molar-refractivity contribution in [3.05, 3.63) is 30.2 Å². The predicted octanol–water partition coefficient (Wildman–Crippen LogP) is 3.42. The zero-order chi connectivity index (χ0) is 13.2. The molecule has 2 aliphatic rings. The van der Waals surface area contributed by atoms with Gasteiger partial charge in [0.25, 0.3) is 0 Å². The third-order valence-electron chi connectivity index (χ3n) is 3.36. The molecule has 0 aromatic heterocycles. The molecule has 19 heavy (non-hydrogen) atoms. The van der Waals surface area contributed by atoms with Crippen molar-refractivity contribution in [1.29, 1.82) is 0 Å². The zero-order valence-electron chi connectivity index (χ0n) is 11.7. The number of ether oxygens (including phenoxy) is 3. The standard InChI is InChI=1S/C16H25O3/c1-2-7-15(8-3-1)9-6-11-17-13-14-19-16-10-4-5-12-18-16/h2-3,7-8,16H,1,4-6,9-14H2. The molecule has 3 nitrogen and oxygen atoms in total. The lowest BCUT2D eigenvalue weighted by Gasteiger charge is -2.22. The minimum atomic E-state index is 0.00502. The van der Waals surface area contributed by atoms with Gasteiger partial charge in [0.1, 0.15) is 0 Å². The van der Waals surface area contributed by atoms with E-state index in [1.54, 1.807) is 0 Å². The maximum absolute atomic E-state index is 5.60. The molecular weight excluding hydrogens is 240 g/mol. The third kappa shape index (κ3) is 6.37. The molecule has 1 aliphatic heterocycles. The van der Waals surface area contributed by atoms with Gasteiger partial charge in [0.15, 0.2) is 6.29 Å². The van der Waals surface area contributed by atoms with Gasteiger partial charge in [0, 0.05) is 13.2 Å². The first-order valence-electron chi connectivity index (χ1n) is 7.45. The molecule has 3 heteroatoms. The summed E-state index contributed by atoms with van der Waals surface area (Å²) < 4.78 is 16.7. The minimum Gasteiger partial charge on any atom is -0.379 e. The lowest BCUT2D eigenvalue weighted by Crippen LogP contribution is -2.24. The molecule has 0 aromatic rings. The van der Waals surface area contributed by atoms with E-state index in [0.717, 1.165) is 45.3 Å². The average Bonchev–Trinajstić information content (AvgIpc) is 2.48. The second kappa shape index (κ2) is 9.29. The van der Waals surface area contributed by atoms with Gasteiger partial charge >= 0.3 is 0 Å². The fourth-order valence-corrected chi connectivity index (χ4v) is 2.30. The van der Waals surface area contributed by atoms with Crippen molar-refractivity contribution in [1.82, 2.24) is 0 Å². The molecule has 2 rings (SSSR count). The molecule has 1 atom stereocenters. The number of allylic oxidation sites excluding steroid dienone is 4. The molecule has 0 bridgehead atoms. The first kappa shape index (κ1) is 14.8. The van der Waals surface area contributed by atoms with Gasteiger partial charge in [-0.3, -0.25) is 0 Å². The zero-order valence-corrected chi connectivity index (χ0v) is 11.7. The van der Waals surface area contributed by atoms with E-state index in [9.17, 15) is 0 Å². The SMILES string of the molecule is [CH]1C=C(CCCOCCOC2CCCCO2)C=CC1. The molecule has 1 unspecified atom stereocenters. The Labute approximate surface area is 116 Å². The van der Waals surface area contributed by atoms with Crippen LogP contribution in [-0.4, -0.2) is 32.7 Å². The Morgan fingerprint density at radius 1 is 1.21 bits per heavy atom. The van der Waals surface area contributed by atoms with Crippen LogP contribution in [0, 0.1) is 6.42 Å². The van der Waals surface area contributed by atoms with Crippen molar-refractivity contribution in [2.45, 2.75) is 44.8 Å². The second-order valence-electron chi connectivity index (χ2n) is 5.00. The molecule has 0 saturated carbocycles. The molecule has 0 N–H and O–H groups in total. The van der Waals surface area contributed by atoms with Crippen molar-refractivity contribution in [2.24, 2.45) is 0 Å². The fraction of sp³-hybridized carbons (Fsp3) is 0.688. The summed E-state index contributed by atoms with van der Waals surface area (Å²) in [5, 5.41) is 0. The Bertz CT molecular complexity index is 290. The van der Waals surface area contributed by atoms with E-state index < -0.39 is 0 Å². The van der Waals surface area contributed by atoms with Crippen LogP contribution in [0.2, 0.25) is 0 Å². The molecular formula is C16H25O3. The lowest BCUT2D eigenvalue weighted by atomic mass is 10.0. The van der Waals surface area contributed by atoms with Gasteiger partial charge < -0.3 is 14.2 Å². The van der Waals surface area contributed by atoms with Crippen LogP contribution in [0.3, 0.4) is 0 Å². The topological polar surface area (TPSA) is 27.7 Å². The van der Waals surface area contributed by atoms with Crippen LogP contribution >= 0.6 is 0 Å². The highest BCUT2D eigenvalue weighted by molar-refractivity contribution is 5.26. The highest BCUT2D eigenvalue weighted by atomic mass is 16.7. The molecule has 1 saturated heterocycles. The normalized spacial score (nSPS) is 23.4. The van der Waals surface area contributed by atoms with Crippen LogP contribution in [0.15, 0.2) is 23.8 Å². The maximum atomic E-state index is 5.60. The predicted molar refractivity (Wildman–Crippen MR) is 75.7 cm³/mol. The van der Waals surface area contributed by atoms with E-state index in [1.165, 1.54) is 12.0 Å². The highest BCUT2D eigenvalue weighted by Crippen LogP contribution is 2.14. The van der Waals surface area contributed by atoms with Crippen LogP contribution in [-0.2, 0) is 14.2 Å². The van der Waals surface area contributed by atoms with Gasteiger partial charge in [-0.2, -0.15) is 0 Å². The van der Waals surface area contributed by atoms with E-state index in [4.69, 9.17) is 14.2 Å². The van der Waals surface area contributed by atoms with E-state index in [2.05, 4.69) is 24.6 Å². The molecule has 1 fully saturated rings. The van der Waals surface area contributed by atoms with E-state index >= 15 is 0 Å². The van der Waals surface area contributed by atoms with Crippen LogP contribution < -0.4 is 0 Å². The van der Waals surface area contributed by atoms with Gasteiger partial charge in [0.2, 0.25) is 0 Å². The summed E-state index contributed by atoms with van der Waals surface area (Å²) in [6, 6.07) is 0. The van der Waals surface area contributed by atoms with Crippen LogP contribution in [0.1, 0.15) is 38.5 Å². The number of rotatable bonds is 8. The Balaban J connectivity index is 1.39. The first-order valence-corrected chi connectivity index (χ1v) is 7.45. The molecule has 1 heterocycles. The summed E-state index contributed by atoms with van der Waals surface area (Å²) in [5.41, 5.74) is 1.40. The first-order chi connectivity index (χ1) is 9.45. The van der Waals surface area contributed by atoms with Crippen LogP contribution in [0.25, 0.3) is 0 Å². The number of hydrogen-bond acceptors (Lipinski definition) is 3. The lowest BCUT2D eigenvalue weighted by molar-refractivity contribution is -0.169. The Morgan fingerprint density at radius 3 is 3.00 bits per heavy atom. The van der Waals surface area contributed by atoms with Crippen molar-refractivity contribution < 1.29 is 14.2 Å². The minimum absolute atomic E-state index is 0.00502. The molecule has 0 amide bonds. The van der Waals surface area contributed by atoms with Crippen molar-refractivity contribution in [2.75, 3.05) is 26.4 Å². The van der Waals surface area contributed by atoms with Crippen molar-refractivity contribution >= 4 is 0 Å². The fourth-order valence-electron chi connectivity index (χ4n) is 2.30. The quantitative estimate of drug-likeness (QED) is 0.629. The third-order valence-corrected chi connectivity index (χ3v) is 3.36. The number of hydrogen-bond donors (Lipinski definition) is 0. The summed E-state index contributed by atoms with van der Waals surface area (Å²) in [6.07, 6.45) is 15.5.